The molecule has 226 valence electrons. The number of nitrogens with one attached hydrogen (secondary N) is 1. The summed E-state index contributed by atoms with van der Waals surface area (Å²) in [6, 6.07) is 14.8. The molecular weight excluding hydrogens is 560 g/mol. The maximum absolute atomic E-state index is 11.7. The molecule has 43 heavy (non-hydrogen) atoms. The molecule has 0 saturated carbocycles. The zero-order chi connectivity index (χ0) is 30.2. The van der Waals surface area contributed by atoms with Gasteiger partial charge in [-0.2, -0.15) is 0 Å². The number of hydrogen-bond acceptors (Lipinski definition) is 14. The number of anilines is 2. The van der Waals surface area contributed by atoms with Crippen molar-refractivity contribution in [1.29, 1.82) is 0 Å². The van der Waals surface area contributed by atoms with Crippen molar-refractivity contribution in [3.8, 4) is 23.0 Å². The van der Waals surface area contributed by atoms with E-state index in [4.69, 9.17) is 16.2 Å². The van der Waals surface area contributed by atoms with Crippen LogP contribution >= 0.6 is 0 Å². The molecule has 0 aliphatic rings. The fraction of sp³-hybridized carbons (Fsp3) is 0.231. The van der Waals surface area contributed by atoms with Gasteiger partial charge in [0.05, 0.1) is 29.2 Å². The van der Waals surface area contributed by atoms with Gasteiger partial charge in [0.15, 0.2) is 34.7 Å². The molecule has 17 nitrogen and oxygen atoms in total. The first-order chi connectivity index (χ1) is 20.4. The van der Waals surface area contributed by atoms with Crippen molar-refractivity contribution >= 4 is 45.6 Å². The van der Waals surface area contributed by atoms with E-state index in [9.17, 15) is 9.59 Å². The summed E-state index contributed by atoms with van der Waals surface area (Å²) in [4.78, 5) is 32.1. The molecule has 4 heterocycles. The smallest absolute Gasteiger partial charge is 0.325 e. The van der Waals surface area contributed by atoms with E-state index in [2.05, 4.69) is 50.9 Å². The number of hydrogen-bond donors (Lipinski definition) is 4. The van der Waals surface area contributed by atoms with Crippen LogP contribution in [0.5, 0.6) is 0 Å². The van der Waals surface area contributed by atoms with Crippen molar-refractivity contribution in [1.82, 2.24) is 45.0 Å². The fourth-order valence-electron chi connectivity index (χ4n) is 3.95. The Balaban J connectivity index is 0.000000218. The predicted molar refractivity (Wildman–Crippen MR) is 158 cm³/mol. The second kappa shape index (κ2) is 14.2. The summed E-state index contributed by atoms with van der Waals surface area (Å²) in [7, 11) is 4.40. The number of fused-ring (bicyclic) bond motifs is 2. The lowest BCUT2D eigenvalue weighted by Crippen LogP contribution is -2.23. The Morgan fingerprint density at radius 3 is 1.63 bits per heavy atom. The van der Waals surface area contributed by atoms with Crippen LogP contribution in [0.25, 0.3) is 45.1 Å². The van der Waals surface area contributed by atoms with Crippen LogP contribution in [0.3, 0.4) is 0 Å². The Kier molecular flexibility index (Phi) is 10.4. The number of carbonyl (C=O) groups excluding carboxylic acids is 2. The number of likely N-dealkylation sites (N-methyl/N-ethyl adjacent to an activating group) is 1. The van der Waals surface area contributed by atoms with Gasteiger partial charge in [-0.1, -0.05) is 31.7 Å². The number of aromatic nitrogens is 8. The minimum absolute atomic E-state index is 0. The number of esters is 1. The number of nitrogens with zero attached hydrogens (tertiary/aromatic N) is 8. The molecule has 0 atom stereocenters. The Morgan fingerprint density at radius 2 is 1.23 bits per heavy atom. The molecule has 0 fully saturated rings. The van der Waals surface area contributed by atoms with Crippen molar-refractivity contribution in [2.45, 2.75) is 20.5 Å². The number of para-hydroxylation sites is 4. The van der Waals surface area contributed by atoms with Gasteiger partial charge in [-0.05, 0) is 51.9 Å². The van der Waals surface area contributed by atoms with Gasteiger partial charge in [0.25, 0.3) is 0 Å². The lowest BCUT2D eigenvalue weighted by molar-refractivity contribution is -0.141. The summed E-state index contributed by atoms with van der Waals surface area (Å²) in [5.41, 5.74) is 19.6. The van der Waals surface area contributed by atoms with Crippen LogP contribution < -0.4 is 22.5 Å². The molecular formula is C26H32N12O5. The Bertz CT molecular complexity index is 1690. The number of benzene rings is 2. The van der Waals surface area contributed by atoms with Gasteiger partial charge in [0.2, 0.25) is 5.91 Å². The van der Waals surface area contributed by atoms with Crippen molar-refractivity contribution < 1.29 is 23.6 Å². The summed E-state index contributed by atoms with van der Waals surface area (Å²) < 4.78 is 17.3. The molecule has 0 radical (unpaired) electrons. The van der Waals surface area contributed by atoms with Gasteiger partial charge in [-0.25, -0.2) is 19.2 Å². The molecule has 0 spiro atoms. The molecule has 4 aromatic heterocycles. The molecule has 6 rings (SSSR count). The summed E-state index contributed by atoms with van der Waals surface area (Å²) in [5, 5.41) is 17.1. The normalized spacial score (nSPS) is 10.2. The second-order valence-electron chi connectivity index (χ2n) is 8.27. The molecule has 0 aliphatic heterocycles. The minimum Gasteiger partial charge on any atom is -0.468 e. The van der Waals surface area contributed by atoms with E-state index < -0.39 is 5.97 Å². The van der Waals surface area contributed by atoms with E-state index in [1.165, 1.54) is 14.2 Å². The number of rotatable bonds is 6. The van der Waals surface area contributed by atoms with Crippen LogP contribution in [0, 0.1) is 0 Å². The first-order valence-corrected chi connectivity index (χ1v) is 12.3. The van der Waals surface area contributed by atoms with Crippen molar-refractivity contribution in [3.05, 3.63) is 48.5 Å². The average Bonchev–Trinajstić information content (AvgIpc) is 3.80. The van der Waals surface area contributed by atoms with E-state index in [-0.39, 0.29) is 38.1 Å². The van der Waals surface area contributed by atoms with Crippen molar-refractivity contribution in [2.75, 3.05) is 32.7 Å². The highest BCUT2D eigenvalue weighted by molar-refractivity contribution is 5.85. The molecule has 17 heteroatoms. The third kappa shape index (κ3) is 6.57. The summed E-state index contributed by atoms with van der Waals surface area (Å²) >= 11 is 0. The molecule has 0 bridgehead atoms. The Morgan fingerprint density at radius 1 is 0.791 bits per heavy atom. The Labute approximate surface area is 244 Å². The van der Waals surface area contributed by atoms with Crippen LogP contribution in [0.1, 0.15) is 7.43 Å². The van der Waals surface area contributed by atoms with Crippen LogP contribution in [0.4, 0.5) is 11.6 Å². The number of ether oxygens (including phenoxy) is 1. The van der Waals surface area contributed by atoms with Crippen LogP contribution in [0.2, 0.25) is 0 Å². The van der Waals surface area contributed by atoms with Crippen LogP contribution in [0.15, 0.2) is 57.8 Å². The highest BCUT2D eigenvalue weighted by Gasteiger charge is 2.21. The molecule has 1 amide bonds. The van der Waals surface area contributed by atoms with Crippen molar-refractivity contribution in [2.24, 2.45) is 5.73 Å². The average molecular weight is 593 g/mol. The van der Waals surface area contributed by atoms with Gasteiger partial charge in [0.1, 0.15) is 13.1 Å². The zero-order valence-corrected chi connectivity index (χ0v) is 22.9. The van der Waals surface area contributed by atoms with E-state index in [1.807, 2.05) is 48.5 Å². The number of imidazole rings is 2. The third-order valence-corrected chi connectivity index (χ3v) is 5.86. The molecule has 7 N–H and O–H groups in total. The van der Waals surface area contributed by atoms with Crippen LogP contribution in [-0.2, 0) is 27.4 Å². The van der Waals surface area contributed by atoms with Gasteiger partial charge < -0.3 is 36.4 Å². The lowest BCUT2D eigenvalue weighted by atomic mass is 10.3. The van der Waals surface area contributed by atoms with Crippen LogP contribution in [-0.4, -0.2) is 72.8 Å². The van der Waals surface area contributed by atoms with Gasteiger partial charge in [0, 0.05) is 7.05 Å². The SMILES string of the molecule is C.CN.CNC(=O)Cn1c(-c2nonc2N)nc2ccccc21.COC(=O)Cn1c(-c2nonc2N)nc2ccccc21. The third-order valence-electron chi connectivity index (χ3n) is 5.86. The number of nitrogen functional groups attached to an aromatic ring is 2. The number of carbonyl (C=O) groups is 2. The number of amides is 1. The van der Waals surface area contributed by atoms with Crippen molar-refractivity contribution in [3.63, 3.8) is 0 Å². The molecule has 0 saturated heterocycles. The van der Waals surface area contributed by atoms with Gasteiger partial charge in [-0.3, -0.25) is 9.59 Å². The maximum Gasteiger partial charge on any atom is 0.325 e. The number of nitrogens with two attached hydrogens (primary N) is 3. The van der Waals surface area contributed by atoms with E-state index in [1.54, 1.807) is 16.2 Å². The number of methoxy groups -OCH3 is 1. The Hall–Kier alpha value is -5.84. The maximum atomic E-state index is 11.7. The molecule has 6 aromatic rings. The predicted octanol–water partition coefficient (Wildman–Crippen LogP) is 1.47. The summed E-state index contributed by atoms with van der Waals surface area (Å²) in [6.07, 6.45) is 0. The standard InChI is InChI=1S/C12H12N6O2.C12H11N5O3.CH5N.CH4/c1-14-9(19)6-18-8-5-3-2-4-7(8)15-12(18)10-11(13)17-20-16-10;1-19-9(18)6-17-8-5-3-2-4-7(8)14-12(17)10-11(13)16-20-15-10;1-2;/h2-5H,6H2,1H3,(H2,13,17)(H,14,19);2-5H,6H2,1H3,(H2,13,16);2H2,1H3;1H4. The van der Waals surface area contributed by atoms with Gasteiger partial charge >= 0.3 is 5.97 Å². The summed E-state index contributed by atoms with van der Waals surface area (Å²) in [5.74, 6) is 0.572. The fourth-order valence-corrected chi connectivity index (χ4v) is 3.95. The minimum atomic E-state index is -0.399. The van der Waals surface area contributed by atoms with E-state index in [0.717, 1.165) is 16.6 Å². The quantitative estimate of drug-likeness (QED) is 0.200. The molecule has 2 aromatic carbocycles. The summed E-state index contributed by atoms with van der Waals surface area (Å²) in [6.45, 7) is 0.108. The topological polar surface area (TPSA) is 247 Å². The lowest BCUT2D eigenvalue weighted by Gasteiger charge is -2.06. The highest BCUT2D eigenvalue weighted by atomic mass is 16.6. The zero-order valence-electron chi connectivity index (χ0n) is 22.9. The second-order valence-corrected chi connectivity index (χ2v) is 8.27. The molecule has 0 unspecified atom stereocenters. The largest absolute Gasteiger partial charge is 0.468 e. The first kappa shape index (κ1) is 31.7. The highest BCUT2D eigenvalue weighted by Crippen LogP contribution is 2.27. The van der Waals surface area contributed by atoms with E-state index >= 15 is 0 Å². The first-order valence-electron chi connectivity index (χ1n) is 12.3. The van der Waals surface area contributed by atoms with E-state index in [0.29, 0.717) is 28.6 Å². The molecule has 0 aliphatic carbocycles. The monoisotopic (exact) mass is 592 g/mol. The van der Waals surface area contributed by atoms with Gasteiger partial charge in [-0.15, -0.1) is 0 Å².